The van der Waals surface area contributed by atoms with Crippen molar-refractivity contribution in [1.29, 1.82) is 0 Å². The molecule has 1 fully saturated rings. The van der Waals surface area contributed by atoms with Gasteiger partial charge in [0.15, 0.2) is 6.10 Å². The van der Waals surface area contributed by atoms with Gasteiger partial charge >= 0.3 is 11.8 Å². The van der Waals surface area contributed by atoms with Crippen LogP contribution in [0.3, 0.4) is 0 Å². The third-order valence-corrected chi connectivity index (χ3v) is 4.44. The highest BCUT2D eigenvalue weighted by molar-refractivity contribution is 5.14. The fraction of sp³-hybridized carbons (Fsp3) is 0.400. The number of aliphatic hydroxyl groups is 1. The van der Waals surface area contributed by atoms with E-state index in [1.54, 1.807) is 60.7 Å². The van der Waals surface area contributed by atoms with Crippen molar-refractivity contribution in [2.24, 2.45) is 0 Å². The van der Waals surface area contributed by atoms with Crippen molar-refractivity contribution < 1.29 is 36.9 Å². The number of ether oxygens (including phenoxy) is 3. The van der Waals surface area contributed by atoms with Gasteiger partial charge in [-0.1, -0.05) is 60.7 Å². The molecule has 28 heavy (non-hydrogen) atoms. The van der Waals surface area contributed by atoms with E-state index in [-0.39, 0.29) is 13.2 Å². The van der Waals surface area contributed by atoms with Crippen LogP contribution in [0.2, 0.25) is 0 Å². The SMILES string of the molecule is OC1(COCc2ccccc2)O[C@H](COCc2ccccc2)C(F)(F)C1(F)F. The Bertz CT molecular complexity index is 757. The Morgan fingerprint density at radius 3 is 1.86 bits per heavy atom. The summed E-state index contributed by atoms with van der Waals surface area (Å²) >= 11 is 0. The number of halogens is 4. The molecular formula is C20H20F4O4. The predicted octanol–water partition coefficient (Wildman–Crippen LogP) is 3.78. The Morgan fingerprint density at radius 1 is 0.821 bits per heavy atom. The van der Waals surface area contributed by atoms with Crippen LogP contribution in [0.15, 0.2) is 60.7 Å². The van der Waals surface area contributed by atoms with Gasteiger partial charge in [-0.05, 0) is 11.1 Å². The monoisotopic (exact) mass is 400 g/mol. The molecule has 1 aliphatic rings. The smallest absolute Gasteiger partial charge is 0.367 e. The molecule has 152 valence electrons. The van der Waals surface area contributed by atoms with Crippen molar-refractivity contribution >= 4 is 0 Å². The molecule has 0 spiro atoms. The van der Waals surface area contributed by atoms with Crippen LogP contribution in [0.5, 0.6) is 0 Å². The second-order valence-corrected chi connectivity index (χ2v) is 6.57. The largest absolute Gasteiger partial charge is 0.374 e. The molecule has 4 nitrogen and oxygen atoms in total. The summed E-state index contributed by atoms with van der Waals surface area (Å²) in [6.45, 7) is -2.10. The van der Waals surface area contributed by atoms with E-state index in [4.69, 9.17) is 9.47 Å². The van der Waals surface area contributed by atoms with Gasteiger partial charge in [-0.25, -0.2) is 0 Å². The summed E-state index contributed by atoms with van der Waals surface area (Å²) in [5.74, 6) is -12.9. The van der Waals surface area contributed by atoms with Gasteiger partial charge < -0.3 is 19.3 Å². The lowest BCUT2D eigenvalue weighted by Gasteiger charge is -2.29. The topological polar surface area (TPSA) is 47.9 Å². The second-order valence-electron chi connectivity index (χ2n) is 6.57. The maximum atomic E-state index is 14.2. The molecule has 0 radical (unpaired) electrons. The van der Waals surface area contributed by atoms with E-state index in [1.165, 1.54) is 0 Å². The first-order chi connectivity index (χ1) is 13.3. The summed E-state index contributed by atoms with van der Waals surface area (Å²) in [4.78, 5) is 0. The predicted molar refractivity (Wildman–Crippen MR) is 91.9 cm³/mol. The third kappa shape index (κ3) is 4.05. The Labute approximate surface area is 159 Å². The molecule has 1 aliphatic heterocycles. The normalized spacial score (nSPS) is 25.7. The summed E-state index contributed by atoms with van der Waals surface area (Å²) in [6.07, 6.45) is -2.31. The van der Waals surface area contributed by atoms with E-state index >= 15 is 0 Å². The molecule has 1 saturated heterocycles. The summed E-state index contributed by atoms with van der Waals surface area (Å²) < 4.78 is 71.6. The van der Waals surface area contributed by atoms with Crippen LogP contribution in [-0.2, 0) is 27.4 Å². The second kappa shape index (κ2) is 8.16. The van der Waals surface area contributed by atoms with Gasteiger partial charge in [-0.15, -0.1) is 0 Å². The Kier molecular flexibility index (Phi) is 6.04. The number of benzene rings is 2. The molecule has 0 aromatic heterocycles. The number of rotatable bonds is 8. The van der Waals surface area contributed by atoms with Crippen LogP contribution in [0.4, 0.5) is 17.6 Å². The van der Waals surface area contributed by atoms with Crippen LogP contribution in [-0.4, -0.2) is 42.1 Å². The Morgan fingerprint density at radius 2 is 1.32 bits per heavy atom. The van der Waals surface area contributed by atoms with E-state index in [9.17, 15) is 22.7 Å². The van der Waals surface area contributed by atoms with Crippen LogP contribution in [0.25, 0.3) is 0 Å². The minimum absolute atomic E-state index is 0.0503. The Hall–Kier alpha value is -2.00. The lowest BCUT2D eigenvalue weighted by molar-refractivity contribution is -0.317. The zero-order valence-corrected chi connectivity index (χ0v) is 14.9. The zero-order chi connectivity index (χ0) is 20.3. The Balaban J connectivity index is 1.60. The van der Waals surface area contributed by atoms with Gasteiger partial charge in [0, 0.05) is 0 Å². The summed E-state index contributed by atoms with van der Waals surface area (Å²) in [5.41, 5.74) is 1.33. The highest BCUT2D eigenvalue weighted by Gasteiger charge is 2.79. The quantitative estimate of drug-likeness (QED) is 0.686. The minimum Gasteiger partial charge on any atom is -0.374 e. The molecule has 0 bridgehead atoms. The van der Waals surface area contributed by atoms with Crippen molar-refractivity contribution in [2.45, 2.75) is 36.9 Å². The van der Waals surface area contributed by atoms with E-state index in [0.717, 1.165) is 0 Å². The van der Waals surface area contributed by atoms with Crippen LogP contribution in [0.1, 0.15) is 11.1 Å². The van der Waals surface area contributed by atoms with Crippen molar-refractivity contribution in [3.8, 4) is 0 Å². The molecule has 2 aromatic carbocycles. The van der Waals surface area contributed by atoms with E-state index < -0.39 is 36.9 Å². The van der Waals surface area contributed by atoms with Crippen molar-refractivity contribution in [3.63, 3.8) is 0 Å². The summed E-state index contributed by atoms with van der Waals surface area (Å²) in [6, 6.07) is 17.2. The highest BCUT2D eigenvalue weighted by Crippen LogP contribution is 2.53. The lowest BCUT2D eigenvalue weighted by atomic mass is 10.0. The fourth-order valence-corrected chi connectivity index (χ4v) is 2.85. The average Bonchev–Trinajstić information content (AvgIpc) is 2.81. The van der Waals surface area contributed by atoms with Gasteiger partial charge in [0.05, 0.1) is 19.8 Å². The number of alkyl halides is 4. The van der Waals surface area contributed by atoms with Crippen molar-refractivity contribution in [2.75, 3.05) is 13.2 Å². The molecule has 1 N–H and O–H groups in total. The highest BCUT2D eigenvalue weighted by atomic mass is 19.3. The van der Waals surface area contributed by atoms with Crippen molar-refractivity contribution in [1.82, 2.24) is 0 Å². The molecule has 3 rings (SSSR count). The zero-order valence-electron chi connectivity index (χ0n) is 14.9. The van der Waals surface area contributed by atoms with E-state index in [1.807, 2.05) is 0 Å². The summed E-state index contributed by atoms with van der Waals surface area (Å²) in [7, 11) is 0. The van der Waals surface area contributed by atoms with E-state index in [0.29, 0.717) is 11.1 Å². The number of hydrogen-bond acceptors (Lipinski definition) is 4. The van der Waals surface area contributed by atoms with Gasteiger partial charge in [0.2, 0.25) is 0 Å². The molecule has 1 heterocycles. The standard InChI is InChI=1S/C20H20F4O4/c21-19(22)17(13-26-11-15-7-3-1-4-8-15)28-18(25,20(19,23)24)14-27-12-16-9-5-2-6-10-16/h1-10,17,25H,11-14H2/t17-,18?/m1/s1. The van der Waals surface area contributed by atoms with Crippen LogP contribution >= 0.6 is 0 Å². The molecule has 0 saturated carbocycles. The molecule has 0 amide bonds. The van der Waals surface area contributed by atoms with Gasteiger partial charge in [0.25, 0.3) is 5.79 Å². The molecule has 2 atom stereocenters. The molecule has 1 unspecified atom stereocenters. The van der Waals surface area contributed by atoms with E-state index in [2.05, 4.69) is 4.74 Å². The van der Waals surface area contributed by atoms with Crippen LogP contribution in [0, 0.1) is 0 Å². The first kappa shape index (κ1) is 20.7. The average molecular weight is 400 g/mol. The molecule has 8 heteroatoms. The van der Waals surface area contributed by atoms with Gasteiger partial charge in [-0.3, -0.25) is 0 Å². The number of hydrogen-bond donors (Lipinski definition) is 1. The maximum Gasteiger partial charge on any atom is 0.367 e. The fourth-order valence-electron chi connectivity index (χ4n) is 2.85. The van der Waals surface area contributed by atoms with Crippen molar-refractivity contribution in [3.05, 3.63) is 71.8 Å². The molecular weight excluding hydrogens is 380 g/mol. The third-order valence-electron chi connectivity index (χ3n) is 4.44. The minimum atomic E-state index is -4.84. The maximum absolute atomic E-state index is 14.2. The van der Waals surface area contributed by atoms with Gasteiger partial charge in [0.1, 0.15) is 6.61 Å². The summed E-state index contributed by atoms with van der Waals surface area (Å²) in [5, 5.41) is 10.1. The molecule has 0 aliphatic carbocycles. The first-order valence-electron chi connectivity index (χ1n) is 8.65. The van der Waals surface area contributed by atoms with Crippen LogP contribution < -0.4 is 0 Å². The molecule has 2 aromatic rings. The lowest BCUT2D eigenvalue weighted by Crippen LogP contribution is -2.55. The first-order valence-corrected chi connectivity index (χ1v) is 8.65. The van der Waals surface area contributed by atoms with Gasteiger partial charge in [-0.2, -0.15) is 17.6 Å².